The Balaban J connectivity index is 1.37. The van der Waals surface area contributed by atoms with Crippen molar-refractivity contribution < 1.29 is 13.9 Å². The van der Waals surface area contributed by atoms with Gasteiger partial charge in [-0.05, 0) is 75.9 Å². The maximum atomic E-state index is 13.8. The highest BCUT2D eigenvalue weighted by molar-refractivity contribution is 7.96. The summed E-state index contributed by atoms with van der Waals surface area (Å²) in [4.78, 5) is 23.1. The van der Waals surface area contributed by atoms with Gasteiger partial charge in [0.25, 0.3) is 5.91 Å². The molecule has 2 saturated heterocycles. The van der Waals surface area contributed by atoms with Gasteiger partial charge in [0.15, 0.2) is 5.65 Å². The molecule has 0 unspecified atom stereocenters. The Morgan fingerprint density at radius 1 is 1.05 bits per heavy atom. The van der Waals surface area contributed by atoms with Crippen LogP contribution >= 0.6 is 12.1 Å². The van der Waals surface area contributed by atoms with Gasteiger partial charge in [-0.25, -0.2) is 18.8 Å². The van der Waals surface area contributed by atoms with Gasteiger partial charge in [0.05, 0.1) is 28.6 Å². The summed E-state index contributed by atoms with van der Waals surface area (Å²) in [5.74, 6) is -0.203. The molecular weight excluding hydrogens is 529 g/mol. The zero-order chi connectivity index (χ0) is 27.6. The molecule has 2 aromatic heterocycles. The standard InChI is InChI=1S/C29H38FN7O2S/c1-31-40-34-29(38)24-18-25(36-14-10-21(11-15-36)35-16-12-23(39-2)13-17-35)26-27(19-4-3-5-19)33-37(28(26)32-24)22-8-6-20(30)7-9-22/h6-9,18-19,21,23,31H,3-5,10-17H2,1-2H3,(H,34,38). The number of aromatic nitrogens is 3. The molecule has 1 amide bonds. The lowest BCUT2D eigenvalue weighted by molar-refractivity contribution is 0.0233. The molecular formula is C29H38FN7O2S. The van der Waals surface area contributed by atoms with Crippen LogP contribution in [-0.2, 0) is 4.74 Å². The van der Waals surface area contributed by atoms with Crippen molar-refractivity contribution in [1.82, 2.24) is 29.1 Å². The van der Waals surface area contributed by atoms with Crippen molar-refractivity contribution in [3.63, 3.8) is 0 Å². The third-order valence-corrected chi connectivity index (χ3v) is 9.31. The molecule has 9 nitrogen and oxygen atoms in total. The van der Waals surface area contributed by atoms with Crippen LogP contribution in [0, 0.1) is 5.82 Å². The number of carbonyl (C=O) groups is 1. The number of nitrogens with zero attached hydrogens (tertiary/aromatic N) is 5. The number of amides is 1. The van der Waals surface area contributed by atoms with E-state index in [-0.39, 0.29) is 11.7 Å². The van der Waals surface area contributed by atoms with Crippen molar-refractivity contribution in [1.29, 1.82) is 0 Å². The van der Waals surface area contributed by atoms with Crippen molar-refractivity contribution in [3.05, 3.63) is 47.5 Å². The Morgan fingerprint density at radius 3 is 2.40 bits per heavy atom. The molecule has 0 bridgehead atoms. The van der Waals surface area contributed by atoms with Crippen LogP contribution in [0.4, 0.5) is 10.1 Å². The van der Waals surface area contributed by atoms with E-state index in [0.29, 0.717) is 29.4 Å². The second kappa shape index (κ2) is 12.0. The number of piperidine rings is 2. The number of ether oxygens (including phenoxy) is 1. The number of pyridine rings is 1. The Labute approximate surface area is 239 Å². The number of halogens is 1. The number of rotatable bonds is 8. The predicted octanol–water partition coefficient (Wildman–Crippen LogP) is 4.42. The first-order chi connectivity index (χ1) is 19.6. The van der Waals surface area contributed by atoms with Gasteiger partial charge in [0.2, 0.25) is 0 Å². The van der Waals surface area contributed by atoms with E-state index in [2.05, 4.69) is 19.2 Å². The van der Waals surface area contributed by atoms with Crippen LogP contribution < -0.4 is 14.3 Å². The molecule has 3 aromatic rings. The highest BCUT2D eigenvalue weighted by Crippen LogP contribution is 2.43. The zero-order valence-corrected chi connectivity index (χ0v) is 24.1. The molecule has 1 aliphatic carbocycles. The van der Waals surface area contributed by atoms with E-state index < -0.39 is 0 Å². The van der Waals surface area contributed by atoms with Crippen LogP contribution in [0.3, 0.4) is 0 Å². The predicted molar refractivity (Wildman–Crippen MR) is 156 cm³/mol. The quantitative estimate of drug-likeness (QED) is 0.387. The minimum Gasteiger partial charge on any atom is -0.381 e. The smallest absolute Gasteiger partial charge is 0.280 e. The normalized spacial score (nSPS) is 19.7. The summed E-state index contributed by atoms with van der Waals surface area (Å²) in [6.45, 7) is 4.00. The van der Waals surface area contributed by atoms with E-state index in [0.717, 1.165) is 99.3 Å². The minimum absolute atomic E-state index is 0.268. The second-order valence-corrected chi connectivity index (χ2v) is 11.9. The fraction of sp³-hybridized carbons (Fsp3) is 0.552. The number of likely N-dealkylation sites (tertiary alicyclic amines) is 1. The molecule has 0 spiro atoms. The number of benzene rings is 1. The summed E-state index contributed by atoms with van der Waals surface area (Å²) < 4.78 is 26.9. The van der Waals surface area contributed by atoms with E-state index in [1.165, 1.54) is 18.6 Å². The first-order valence-corrected chi connectivity index (χ1v) is 15.2. The second-order valence-electron chi connectivity index (χ2n) is 11.1. The van der Waals surface area contributed by atoms with Gasteiger partial charge in [0, 0.05) is 57.4 Å². The lowest BCUT2D eigenvalue weighted by Gasteiger charge is -2.42. The number of hydrogen-bond donors (Lipinski definition) is 2. The van der Waals surface area contributed by atoms with Crippen LogP contribution in [0.2, 0.25) is 0 Å². The molecule has 6 rings (SSSR count). The lowest BCUT2D eigenvalue weighted by atomic mass is 9.82. The topological polar surface area (TPSA) is 87.5 Å². The lowest BCUT2D eigenvalue weighted by Crippen LogP contribution is -2.48. The maximum absolute atomic E-state index is 13.8. The Kier molecular flexibility index (Phi) is 8.25. The highest BCUT2D eigenvalue weighted by Gasteiger charge is 2.33. The van der Waals surface area contributed by atoms with Crippen LogP contribution in [0.5, 0.6) is 0 Å². The van der Waals surface area contributed by atoms with Crippen molar-refractivity contribution in [2.45, 2.75) is 63.0 Å². The first kappa shape index (κ1) is 27.4. The molecule has 40 heavy (non-hydrogen) atoms. The molecule has 0 radical (unpaired) electrons. The van der Waals surface area contributed by atoms with Gasteiger partial charge in [-0.3, -0.25) is 9.52 Å². The third kappa shape index (κ3) is 5.44. The molecule has 11 heteroatoms. The average molecular weight is 568 g/mol. The van der Waals surface area contributed by atoms with Crippen LogP contribution in [0.15, 0.2) is 30.3 Å². The molecule has 4 heterocycles. The van der Waals surface area contributed by atoms with Gasteiger partial charge in [-0.1, -0.05) is 6.42 Å². The summed E-state index contributed by atoms with van der Waals surface area (Å²) in [7, 11) is 3.57. The Morgan fingerprint density at radius 2 is 1.77 bits per heavy atom. The number of anilines is 1. The fourth-order valence-electron chi connectivity index (χ4n) is 6.32. The summed E-state index contributed by atoms with van der Waals surface area (Å²) in [6.07, 6.45) is 8.09. The van der Waals surface area contributed by atoms with Gasteiger partial charge < -0.3 is 14.5 Å². The van der Waals surface area contributed by atoms with E-state index in [9.17, 15) is 9.18 Å². The van der Waals surface area contributed by atoms with Crippen molar-refractivity contribution in [3.8, 4) is 5.69 Å². The monoisotopic (exact) mass is 567 g/mol. The third-order valence-electron chi connectivity index (χ3n) is 8.82. The number of carbonyl (C=O) groups excluding carboxylic acids is 1. The largest absolute Gasteiger partial charge is 0.381 e. The van der Waals surface area contributed by atoms with Crippen LogP contribution in [0.25, 0.3) is 16.7 Å². The van der Waals surface area contributed by atoms with Crippen LogP contribution in [-0.4, -0.2) is 78.1 Å². The van der Waals surface area contributed by atoms with Crippen molar-refractivity contribution in [2.75, 3.05) is 45.2 Å². The van der Waals surface area contributed by atoms with Gasteiger partial charge >= 0.3 is 0 Å². The number of methoxy groups -OCH3 is 1. The van der Waals surface area contributed by atoms with Gasteiger partial charge in [0.1, 0.15) is 11.5 Å². The summed E-state index contributed by atoms with van der Waals surface area (Å²) in [5.41, 5.74) is 3.78. The van der Waals surface area contributed by atoms with E-state index in [1.54, 1.807) is 23.9 Å². The highest BCUT2D eigenvalue weighted by atomic mass is 32.2. The maximum Gasteiger partial charge on any atom is 0.280 e. The SMILES string of the molecule is CNSNC(=O)c1cc(N2CCC(N3CCC(OC)CC3)CC2)c2c(C3CCC3)nn(-c3ccc(F)cc3)c2n1. The van der Waals surface area contributed by atoms with Crippen molar-refractivity contribution >= 4 is 34.8 Å². The average Bonchev–Trinajstić information content (AvgIpc) is 3.34. The van der Waals surface area contributed by atoms with E-state index >= 15 is 0 Å². The zero-order valence-electron chi connectivity index (χ0n) is 23.2. The van der Waals surface area contributed by atoms with Gasteiger partial charge in [-0.2, -0.15) is 5.10 Å². The number of hydrogen-bond acceptors (Lipinski definition) is 8. The van der Waals surface area contributed by atoms with Crippen molar-refractivity contribution in [2.24, 2.45) is 0 Å². The van der Waals surface area contributed by atoms with Crippen LogP contribution in [0.1, 0.15) is 67.0 Å². The Bertz CT molecular complexity index is 1330. The molecule has 1 saturated carbocycles. The molecule has 2 N–H and O–H groups in total. The summed E-state index contributed by atoms with van der Waals surface area (Å²) in [6, 6.07) is 8.82. The fourth-order valence-corrected chi connectivity index (χ4v) is 6.62. The van der Waals surface area contributed by atoms with E-state index in [1.807, 2.05) is 13.2 Å². The van der Waals surface area contributed by atoms with E-state index in [4.69, 9.17) is 14.8 Å². The Hall–Kier alpha value is -2.73. The molecule has 1 aromatic carbocycles. The molecule has 2 aliphatic heterocycles. The summed E-state index contributed by atoms with van der Waals surface area (Å²) in [5, 5.41) is 6.09. The molecule has 214 valence electrons. The number of fused-ring (bicyclic) bond motifs is 1. The number of nitrogens with one attached hydrogen (secondary N) is 2. The summed E-state index contributed by atoms with van der Waals surface area (Å²) >= 11 is 1.12. The first-order valence-electron chi connectivity index (χ1n) is 14.4. The minimum atomic E-state index is -0.299. The van der Waals surface area contributed by atoms with Gasteiger partial charge in [-0.15, -0.1) is 0 Å². The molecule has 0 atom stereocenters. The molecule has 3 fully saturated rings. The molecule has 3 aliphatic rings.